The standard InChI is InChI=1S/C14H21N3/c1-14-7-11-8-15-10-16-13(11)4-3-12(14)5-6-17(2)9-14/h8,10,12H,3-7,9H2,1-2H3. The molecule has 2 heterocycles. The van der Waals surface area contributed by atoms with E-state index in [1.807, 2.05) is 6.20 Å². The van der Waals surface area contributed by atoms with Crippen molar-refractivity contribution in [3.63, 3.8) is 0 Å². The van der Waals surface area contributed by atoms with Gasteiger partial charge in [-0.15, -0.1) is 0 Å². The highest BCUT2D eigenvalue weighted by molar-refractivity contribution is 5.21. The van der Waals surface area contributed by atoms with Gasteiger partial charge in [-0.2, -0.15) is 0 Å². The number of likely N-dealkylation sites (tertiary alicyclic amines) is 1. The van der Waals surface area contributed by atoms with Gasteiger partial charge in [0.1, 0.15) is 6.33 Å². The Balaban J connectivity index is 1.94. The maximum atomic E-state index is 4.46. The lowest BCUT2D eigenvalue weighted by molar-refractivity contribution is 0.0543. The Morgan fingerprint density at radius 1 is 1.41 bits per heavy atom. The van der Waals surface area contributed by atoms with Gasteiger partial charge in [0.25, 0.3) is 0 Å². The molecule has 92 valence electrons. The highest BCUT2D eigenvalue weighted by Crippen LogP contribution is 2.42. The first kappa shape index (κ1) is 11.1. The number of rotatable bonds is 0. The second-order valence-corrected chi connectivity index (χ2v) is 6.09. The third-order valence-corrected chi connectivity index (χ3v) is 4.68. The smallest absolute Gasteiger partial charge is 0.115 e. The van der Waals surface area contributed by atoms with Gasteiger partial charge >= 0.3 is 0 Å². The van der Waals surface area contributed by atoms with E-state index in [2.05, 4.69) is 28.8 Å². The molecule has 2 unspecified atom stereocenters. The van der Waals surface area contributed by atoms with E-state index in [9.17, 15) is 0 Å². The summed E-state index contributed by atoms with van der Waals surface area (Å²) in [5.74, 6) is 0.855. The summed E-state index contributed by atoms with van der Waals surface area (Å²) in [5.41, 5.74) is 3.09. The van der Waals surface area contributed by atoms with Gasteiger partial charge < -0.3 is 4.90 Å². The minimum atomic E-state index is 0.420. The lowest BCUT2D eigenvalue weighted by Crippen LogP contribution is -2.46. The molecule has 2 aliphatic rings. The summed E-state index contributed by atoms with van der Waals surface area (Å²) >= 11 is 0. The predicted molar refractivity (Wildman–Crippen MR) is 67.8 cm³/mol. The van der Waals surface area contributed by atoms with Crippen molar-refractivity contribution in [1.29, 1.82) is 0 Å². The molecule has 3 nitrogen and oxygen atoms in total. The first-order valence-electron chi connectivity index (χ1n) is 6.64. The maximum Gasteiger partial charge on any atom is 0.115 e. The molecule has 1 aliphatic carbocycles. The summed E-state index contributed by atoms with van der Waals surface area (Å²) < 4.78 is 0. The number of piperidine rings is 1. The summed E-state index contributed by atoms with van der Waals surface area (Å²) in [4.78, 5) is 11.1. The first-order valence-corrected chi connectivity index (χ1v) is 6.64. The molecule has 1 aliphatic heterocycles. The quantitative estimate of drug-likeness (QED) is 0.683. The molecule has 17 heavy (non-hydrogen) atoms. The van der Waals surface area contributed by atoms with E-state index in [1.54, 1.807) is 6.33 Å². The van der Waals surface area contributed by atoms with Crippen LogP contribution in [-0.2, 0) is 12.8 Å². The van der Waals surface area contributed by atoms with Crippen LogP contribution in [0.5, 0.6) is 0 Å². The van der Waals surface area contributed by atoms with Crippen LogP contribution in [0.1, 0.15) is 31.0 Å². The Hall–Kier alpha value is -0.960. The van der Waals surface area contributed by atoms with Crippen LogP contribution in [0.2, 0.25) is 0 Å². The average Bonchev–Trinajstić information content (AvgIpc) is 2.43. The second-order valence-electron chi connectivity index (χ2n) is 6.09. The second kappa shape index (κ2) is 4.05. The van der Waals surface area contributed by atoms with E-state index in [1.165, 1.54) is 37.2 Å². The van der Waals surface area contributed by atoms with Gasteiger partial charge in [-0.05, 0) is 56.2 Å². The van der Waals surface area contributed by atoms with Gasteiger partial charge in [0.2, 0.25) is 0 Å². The van der Waals surface area contributed by atoms with Crippen LogP contribution in [-0.4, -0.2) is 35.0 Å². The number of aromatic nitrogens is 2. The van der Waals surface area contributed by atoms with Crippen molar-refractivity contribution in [2.75, 3.05) is 20.1 Å². The van der Waals surface area contributed by atoms with Gasteiger partial charge in [0.05, 0.1) is 0 Å². The summed E-state index contributed by atoms with van der Waals surface area (Å²) in [6.45, 7) is 4.92. The summed E-state index contributed by atoms with van der Waals surface area (Å²) in [5, 5.41) is 0. The number of fused-ring (bicyclic) bond motifs is 2. The summed E-state index contributed by atoms with van der Waals surface area (Å²) in [6, 6.07) is 0. The van der Waals surface area contributed by atoms with E-state index in [0.29, 0.717) is 5.41 Å². The molecule has 0 aromatic carbocycles. The van der Waals surface area contributed by atoms with Crippen molar-refractivity contribution in [1.82, 2.24) is 14.9 Å². The SMILES string of the molecule is CN1CCC2CCc3ncncc3CC2(C)C1. The molecule has 3 heteroatoms. The normalized spacial score (nSPS) is 33.6. The van der Waals surface area contributed by atoms with Crippen LogP contribution in [0.4, 0.5) is 0 Å². The molecular weight excluding hydrogens is 210 g/mol. The monoisotopic (exact) mass is 231 g/mol. The molecule has 0 radical (unpaired) electrons. The highest BCUT2D eigenvalue weighted by Gasteiger charge is 2.40. The fourth-order valence-corrected chi connectivity index (χ4v) is 3.75. The molecule has 1 aromatic heterocycles. The molecule has 1 saturated heterocycles. The van der Waals surface area contributed by atoms with Crippen LogP contribution in [0.3, 0.4) is 0 Å². The van der Waals surface area contributed by atoms with Crippen LogP contribution < -0.4 is 0 Å². The van der Waals surface area contributed by atoms with Gasteiger partial charge in [-0.1, -0.05) is 6.92 Å². The molecule has 3 rings (SSSR count). The van der Waals surface area contributed by atoms with Gasteiger partial charge in [-0.3, -0.25) is 0 Å². The third kappa shape index (κ3) is 1.97. The van der Waals surface area contributed by atoms with E-state index in [-0.39, 0.29) is 0 Å². The van der Waals surface area contributed by atoms with Crippen molar-refractivity contribution in [2.45, 2.75) is 32.6 Å². The Morgan fingerprint density at radius 3 is 3.18 bits per heavy atom. The summed E-state index contributed by atoms with van der Waals surface area (Å²) in [6.07, 6.45) is 8.66. The average molecular weight is 231 g/mol. The van der Waals surface area contributed by atoms with Gasteiger partial charge in [0, 0.05) is 18.4 Å². The first-order chi connectivity index (χ1) is 8.17. The largest absolute Gasteiger partial charge is 0.306 e. The van der Waals surface area contributed by atoms with E-state index in [0.717, 1.165) is 18.8 Å². The molecule has 0 bridgehead atoms. The zero-order valence-corrected chi connectivity index (χ0v) is 10.8. The van der Waals surface area contributed by atoms with Crippen LogP contribution in [0.25, 0.3) is 0 Å². The minimum absolute atomic E-state index is 0.420. The van der Waals surface area contributed by atoms with Crippen molar-refractivity contribution >= 4 is 0 Å². The Bertz CT molecular complexity index is 418. The van der Waals surface area contributed by atoms with Gasteiger partial charge in [-0.25, -0.2) is 9.97 Å². The van der Waals surface area contributed by atoms with Crippen molar-refractivity contribution in [3.8, 4) is 0 Å². The molecular formula is C14H21N3. The Morgan fingerprint density at radius 2 is 2.29 bits per heavy atom. The van der Waals surface area contributed by atoms with E-state index in [4.69, 9.17) is 0 Å². The fourth-order valence-electron chi connectivity index (χ4n) is 3.75. The number of hydrogen-bond donors (Lipinski definition) is 0. The zero-order chi connectivity index (χ0) is 11.9. The third-order valence-electron chi connectivity index (χ3n) is 4.68. The lowest BCUT2D eigenvalue weighted by atomic mass is 9.69. The fraction of sp³-hybridized carbons (Fsp3) is 0.714. The summed E-state index contributed by atoms with van der Waals surface area (Å²) in [7, 11) is 2.24. The van der Waals surface area contributed by atoms with Crippen LogP contribution in [0.15, 0.2) is 12.5 Å². The van der Waals surface area contributed by atoms with Gasteiger partial charge in [0.15, 0.2) is 0 Å². The Kier molecular flexibility index (Phi) is 2.66. The molecule has 1 fully saturated rings. The molecule has 0 saturated carbocycles. The van der Waals surface area contributed by atoms with Crippen LogP contribution in [0, 0.1) is 11.3 Å². The molecule has 2 atom stereocenters. The lowest BCUT2D eigenvalue weighted by Gasteiger charge is -2.44. The van der Waals surface area contributed by atoms with Crippen LogP contribution >= 0.6 is 0 Å². The van der Waals surface area contributed by atoms with E-state index < -0.39 is 0 Å². The topological polar surface area (TPSA) is 29.0 Å². The molecule has 0 N–H and O–H groups in total. The predicted octanol–water partition coefficient (Wildman–Crippen LogP) is 1.92. The minimum Gasteiger partial charge on any atom is -0.306 e. The zero-order valence-electron chi connectivity index (χ0n) is 10.8. The van der Waals surface area contributed by atoms with Crippen molar-refractivity contribution in [2.24, 2.45) is 11.3 Å². The maximum absolute atomic E-state index is 4.46. The highest BCUT2D eigenvalue weighted by atomic mass is 15.1. The Labute approximate surface area is 103 Å². The number of hydrogen-bond acceptors (Lipinski definition) is 3. The van der Waals surface area contributed by atoms with Crippen molar-refractivity contribution in [3.05, 3.63) is 23.8 Å². The number of aryl methyl sites for hydroxylation is 1. The molecule has 0 amide bonds. The van der Waals surface area contributed by atoms with E-state index >= 15 is 0 Å². The molecule has 0 spiro atoms. The van der Waals surface area contributed by atoms with Crippen molar-refractivity contribution < 1.29 is 0 Å². The molecule has 1 aromatic rings. The number of nitrogens with zero attached hydrogens (tertiary/aromatic N) is 3.